The molecule has 1 aliphatic heterocycles. The van der Waals surface area contributed by atoms with Crippen LogP contribution >= 0.6 is 12.2 Å². The van der Waals surface area contributed by atoms with Crippen LogP contribution in [0, 0.1) is 0 Å². The van der Waals surface area contributed by atoms with Gasteiger partial charge >= 0.3 is 0 Å². The van der Waals surface area contributed by atoms with Crippen LogP contribution in [0.1, 0.15) is 19.8 Å². The summed E-state index contributed by atoms with van der Waals surface area (Å²) in [5, 5.41) is 0. The molecule has 1 aliphatic rings. The van der Waals surface area contributed by atoms with E-state index in [2.05, 4.69) is 11.8 Å². The third kappa shape index (κ3) is 2.90. The molecule has 1 unspecified atom stereocenters. The van der Waals surface area contributed by atoms with Crippen LogP contribution in [-0.2, 0) is 4.74 Å². The number of hydrogen-bond donors (Lipinski definition) is 1. The highest BCUT2D eigenvalue weighted by Crippen LogP contribution is 2.15. The maximum atomic E-state index is 5.59. The second kappa shape index (κ2) is 4.88. The minimum atomic E-state index is 0.229. The summed E-state index contributed by atoms with van der Waals surface area (Å²) < 4.78 is 5.29. The zero-order valence-corrected chi connectivity index (χ0v) is 9.14. The van der Waals surface area contributed by atoms with E-state index in [0.717, 1.165) is 25.9 Å². The van der Waals surface area contributed by atoms with Crippen molar-refractivity contribution in [2.45, 2.75) is 31.9 Å². The lowest BCUT2D eigenvalue weighted by atomic mass is 10.1. The van der Waals surface area contributed by atoms with Crippen LogP contribution in [0.15, 0.2) is 0 Å². The average Bonchev–Trinajstić information content (AvgIpc) is 2.17. The smallest absolute Gasteiger partial charge is 0.0899 e. The van der Waals surface area contributed by atoms with E-state index in [1.54, 1.807) is 7.11 Å². The molecule has 2 N–H and O–H groups in total. The van der Waals surface area contributed by atoms with Crippen LogP contribution in [0.25, 0.3) is 0 Å². The van der Waals surface area contributed by atoms with Gasteiger partial charge in [0.15, 0.2) is 0 Å². The predicted octanol–water partition coefficient (Wildman–Crippen LogP) is 0.772. The molecule has 1 atom stereocenters. The van der Waals surface area contributed by atoms with Crippen molar-refractivity contribution < 1.29 is 4.74 Å². The summed E-state index contributed by atoms with van der Waals surface area (Å²) in [7, 11) is 1.78. The number of nitrogens with two attached hydrogens (primary N) is 1. The molecule has 0 aromatic carbocycles. The molecule has 0 saturated carbocycles. The van der Waals surface area contributed by atoms with Gasteiger partial charge in [-0.05, 0) is 19.8 Å². The van der Waals surface area contributed by atoms with E-state index in [0.29, 0.717) is 11.1 Å². The van der Waals surface area contributed by atoms with Crippen molar-refractivity contribution in [3.8, 4) is 0 Å². The SMILES string of the molecule is COC1CCN(C(C)C(N)=S)CC1. The molecular weight excluding hydrogens is 184 g/mol. The number of hydrogen-bond acceptors (Lipinski definition) is 3. The van der Waals surface area contributed by atoms with Gasteiger partial charge < -0.3 is 10.5 Å². The number of rotatable bonds is 3. The van der Waals surface area contributed by atoms with Crippen LogP contribution in [0.2, 0.25) is 0 Å². The van der Waals surface area contributed by atoms with Gasteiger partial charge in [0.1, 0.15) is 0 Å². The van der Waals surface area contributed by atoms with Gasteiger partial charge in [-0.2, -0.15) is 0 Å². The number of methoxy groups -OCH3 is 1. The predicted molar refractivity (Wildman–Crippen MR) is 57.9 cm³/mol. The van der Waals surface area contributed by atoms with E-state index in [9.17, 15) is 0 Å². The van der Waals surface area contributed by atoms with Gasteiger partial charge in [0.2, 0.25) is 0 Å². The lowest BCUT2D eigenvalue weighted by Gasteiger charge is -2.34. The first-order chi connectivity index (χ1) is 6.15. The minimum Gasteiger partial charge on any atom is -0.392 e. The summed E-state index contributed by atoms with van der Waals surface area (Å²) in [6.07, 6.45) is 2.60. The highest BCUT2D eigenvalue weighted by Gasteiger charge is 2.23. The van der Waals surface area contributed by atoms with E-state index >= 15 is 0 Å². The molecule has 0 spiro atoms. The normalized spacial score (nSPS) is 22.9. The second-order valence-electron chi connectivity index (χ2n) is 3.55. The highest BCUT2D eigenvalue weighted by atomic mass is 32.1. The Labute approximate surface area is 85.2 Å². The van der Waals surface area contributed by atoms with Gasteiger partial charge in [-0.25, -0.2) is 0 Å². The first-order valence-electron chi connectivity index (χ1n) is 4.71. The molecule has 1 saturated heterocycles. The van der Waals surface area contributed by atoms with Gasteiger partial charge in [0, 0.05) is 20.2 Å². The van der Waals surface area contributed by atoms with E-state index in [4.69, 9.17) is 22.7 Å². The summed E-state index contributed by atoms with van der Waals surface area (Å²) >= 11 is 4.96. The molecule has 13 heavy (non-hydrogen) atoms. The molecule has 4 heteroatoms. The topological polar surface area (TPSA) is 38.5 Å². The van der Waals surface area contributed by atoms with Crippen LogP contribution < -0.4 is 5.73 Å². The van der Waals surface area contributed by atoms with E-state index in [1.165, 1.54) is 0 Å². The van der Waals surface area contributed by atoms with Crippen molar-refractivity contribution in [3.05, 3.63) is 0 Å². The number of ether oxygens (including phenoxy) is 1. The molecule has 1 fully saturated rings. The Kier molecular flexibility index (Phi) is 4.09. The fraction of sp³-hybridized carbons (Fsp3) is 0.889. The van der Waals surface area contributed by atoms with Gasteiger partial charge in [0.05, 0.1) is 17.1 Å². The first kappa shape index (κ1) is 10.9. The Bertz CT molecular complexity index is 178. The molecule has 1 rings (SSSR count). The maximum absolute atomic E-state index is 5.59. The van der Waals surface area contributed by atoms with Crippen LogP contribution in [-0.4, -0.2) is 42.2 Å². The van der Waals surface area contributed by atoms with Crippen molar-refractivity contribution in [1.82, 2.24) is 4.90 Å². The van der Waals surface area contributed by atoms with Crippen molar-refractivity contribution in [2.75, 3.05) is 20.2 Å². The Morgan fingerprint density at radius 3 is 2.46 bits per heavy atom. The molecule has 0 aromatic rings. The summed E-state index contributed by atoms with van der Waals surface area (Å²) in [6, 6.07) is 0.229. The second-order valence-corrected chi connectivity index (χ2v) is 4.02. The maximum Gasteiger partial charge on any atom is 0.0899 e. The molecule has 0 bridgehead atoms. The zero-order valence-electron chi connectivity index (χ0n) is 8.32. The van der Waals surface area contributed by atoms with Crippen molar-refractivity contribution in [2.24, 2.45) is 5.73 Å². The first-order valence-corrected chi connectivity index (χ1v) is 5.12. The van der Waals surface area contributed by atoms with Gasteiger partial charge in [-0.15, -0.1) is 0 Å². The molecule has 0 amide bonds. The number of piperidine rings is 1. The van der Waals surface area contributed by atoms with E-state index in [-0.39, 0.29) is 6.04 Å². The van der Waals surface area contributed by atoms with Crippen LogP contribution in [0.3, 0.4) is 0 Å². The molecule has 0 aliphatic carbocycles. The van der Waals surface area contributed by atoms with Crippen LogP contribution in [0.5, 0.6) is 0 Å². The Morgan fingerprint density at radius 1 is 1.54 bits per heavy atom. The van der Waals surface area contributed by atoms with E-state index in [1.807, 2.05) is 0 Å². The van der Waals surface area contributed by atoms with Crippen molar-refractivity contribution in [1.29, 1.82) is 0 Å². The Morgan fingerprint density at radius 2 is 2.08 bits per heavy atom. The fourth-order valence-electron chi connectivity index (χ4n) is 1.68. The number of nitrogens with zero attached hydrogens (tertiary/aromatic N) is 1. The quantitative estimate of drug-likeness (QED) is 0.686. The average molecular weight is 202 g/mol. The van der Waals surface area contributed by atoms with Crippen molar-refractivity contribution in [3.63, 3.8) is 0 Å². The minimum absolute atomic E-state index is 0.229. The van der Waals surface area contributed by atoms with E-state index < -0.39 is 0 Å². The summed E-state index contributed by atoms with van der Waals surface area (Å²) in [6.45, 7) is 4.14. The molecular formula is C9H18N2OS. The molecule has 0 radical (unpaired) electrons. The Hall–Kier alpha value is -0.190. The standard InChI is InChI=1S/C9H18N2OS/c1-7(9(10)13)11-5-3-8(12-2)4-6-11/h7-8H,3-6H2,1-2H3,(H2,10,13). The van der Waals surface area contributed by atoms with Gasteiger partial charge in [0.25, 0.3) is 0 Å². The molecule has 1 heterocycles. The van der Waals surface area contributed by atoms with Gasteiger partial charge in [-0.1, -0.05) is 12.2 Å². The zero-order chi connectivity index (χ0) is 9.84. The Balaban J connectivity index is 2.36. The van der Waals surface area contributed by atoms with Gasteiger partial charge in [-0.3, -0.25) is 4.90 Å². The molecule has 3 nitrogen and oxygen atoms in total. The third-order valence-corrected chi connectivity index (χ3v) is 3.11. The summed E-state index contributed by atoms with van der Waals surface area (Å²) in [5.41, 5.74) is 5.59. The number of thiocarbonyl (C=S) groups is 1. The fourth-order valence-corrected chi connectivity index (χ4v) is 1.83. The largest absolute Gasteiger partial charge is 0.392 e. The van der Waals surface area contributed by atoms with Crippen molar-refractivity contribution >= 4 is 17.2 Å². The highest BCUT2D eigenvalue weighted by molar-refractivity contribution is 7.80. The molecule has 0 aromatic heterocycles. The summed E-state index contributed by atoms with van der Waals surface area (Å²) in [4.78, 5) is 2.91. The molecule has 76 valence electrons. The number of likely N-dealkylation sites (tertiary alicyclic amines) is 1. The monoisotopic (exact) mass is 202 g/mol. The lowest BCUT2D eigenvalue weighted by molar-refractivity contribution is 0.0375. The third-order valence-electron chi connectivity index (χ3n) is 2.77. The van der Waals surface area contributed by atoms with Crippen LogP contribution in [0.4, 0.5) is 0 Å². The lowest BCUT2D eigenvalue weighted by Crippen LogP contribution is -2.47. The summed E-state index contributed by atoms with van der Waals surface area (Å²) in [5.74, 6) is 0.